The van der Waals surface area contributed by atoms with Crippen LogP contribution in [0.25, 0.3) is 0 Å². The van der Waals surface area contributed by atoms with Gasteiger partial charge in [0.2, 0.25) is 15.9 Å². The minimum absolute atomic E-state index is 0.0211. The van der Waals surface area contributed by atoms with Gasteiger partial charge in [0.25, 0.3) is 5.69 Å². The Hall–Kier alpha value is -3.84. The van der Waals surface area contributed by atoms with Gasteiger partial charge in [-0.05, 0) is 96.6 Å². The van der Waals surface area contributed by atoms with Crippen molar-refractivity contribution >= 4 is 27.3 Å². The molecule has 0 aliphatic carbocycles. The molecule has 3 aromatic carbocycles. The number of amides is 1. The minimum Gasteiger partial charge on any atom is -0.379 e. The molecule has 1 aliphatic rings. The zero-order valence-electron chi connectivity index (χ0n) is 29.3. The highest BCUT2D eigenvalue weighted by molar-refractivity contribution is 7.89. The number of sulfonamides is 1. The molecule has 4 rings (SSSR count). The molecule has 0 spiro atoms. The van der Waals surface area contributed by atoms with Crippen molar-refractivity contribution in [2.24, 2.45) is 5.92 Å². The van der Waals surface area contributed by atoms with Crippen molar-refractivity contribution in [2.45, 2.75) is 42.9 Å². The van der Waals surface area contributed by atoms with Gasteiger partial charge in [0.15, 0.2) is 0 Å². The summed E-state index contributed by atoms with van der Waals surface area (Å²) in [4.78, 5) is 31.3. The molecule has 49 heavy (non-hydrogen) atoms. The normalized spacial score (nSPS) is 15.5. The van der Waals surface area contributed by atoms with Crippen molar-refractivity contribution in [3.8, 4) is 0 Å². The van der Waals surface area contributed by atoms with E-state index in [1.54, 1.807) is 0 Å². The zero-order chi connectivity index (χ0) is 35.4. The van der Waals surface area contributed by atoms with Crippen LogP contribution in [-0.2, 0) is 14.8 Å². The molecular formula is C37H52N6O5S. The van der Waals surface area contributed by atoms with Crippen LogP contribution >= 0.6 is 0 Å². The van der Waals surface area contributed by atoms with E-state index in [9.17, 15) is 23.3 Å². The first-order valence-corrected chi connectivity index (χ1v) is 18.6. The average molecular weight is 693 g/mol. The molecule has 266 valence electrons. The molecule has 0 bridgehead atoms. The number of nitro benzene ring substituents is 1. The van der Waals surface area contributed by atoms with E-state index < -0.39 is 20.9 Å². The lowest BCUT2D eigenvalue weighted by atomic mass is 9.88. The van der Waals surface area contributed by atoms with Gasteiger partial charge in [-0.1, -0.05) is 60.7 Å². The molecule has 1 saturated heterocycles. The molecule has 1 fully saturated rings. The fraction of sp³-hybridized carbons (Fsp3) is 0.486. The first-order valence-electron chi connectivity index (χ1n) is 17.2. The third-order valence-corrected chi connectivity index (χ3v) is 10.9. The Morgan fingerprint density at radius 3 is 2.00 bits per heavy atom. The van der Waals surface area contributed by atoms with Gasteiger partial charge in [-0.25, -0.2) is 8.42 Å². The third kappa shape index (κ3) is 10.8. The summed E-state index contributed by atoms with van der Waals surface area (Å²) in [7, 11) is 3.94. The summed E-state index contributed by atoms with van der Waals surface area (Å²) in [5.41, 5.74) is 2.27. The Labute approximate surface area is 292 Å². The van der Waals surface area contributed by atoms with Crippen LogP contribution in [0.4, 0.5) is 11.4 Å². The summed E-state index contributed by atoms with van der Waals surface area (Å²) in [6.07, 6.45) is 3.50. The number of piperidine rings is 1. The van der Waals surface area contributed by atoms with Crippen molar-refractivity contribution in [1.29, 1.82) is 0 Å². The van der Waals surface area contributed by atoms with Crippen molar-refractivity contribution in [2.75, 3.05) is 79.3 Å². The van der Waals surface area contributed by atoms with Gasteiger partial charge in [0.1, 0.15) is 5.69 Å². The number of nitrogens with zero attached hydrogens (tertiary/aromatic N) is 5. The minimum atomic E-state index is -4.07. The van der Waals surface area contributed by atoms with Gasteiger partial charge in [-0.3, -0.25) is 14.9 Å². The van der Waals surface area contributed by atoms with Crippen LogP contribution in [0.1, 0.15) is 49.1 Å². The van der Waals surface area contributed by atoms with Crippen LogP contribution in [0.5, 0.6) is 0 Å². The Kier molecular flexibility index (Phi) is 14.1. The predicted octanol–water partition coefficient (Wildman–Crippen LogP) is 5.36. The number of hydrogen-bond donors (Lipinski definition) is 1. The maximum absolute atomic E-state index is 13.9. The van der Waals surface area contributed by atoms with E-state index in [4.69, 9.17) is 0 Å². The molecule has 3 aromatic rings. The third-order valence-electron chi connectivity index (χ3n) is 9.07. The first-order chi connectivity index (χ1) is 23.5. The Morgan fingerprint density at radius 1 is 0.898 bits per heavy atom. The summed E-state index contributed by atoms with van der Waals surface area (Å²) in [6, 6.07) is 24.3. The molecule has 1 aliphatic heterocycles. The second kappa shape index (κ2) is 18.2. The predicted molar refractivity (Wildman–Crippen MR) is 195 cm³/mol. The topological polar surface area (TPSA) is 119 Å². The van der Waals surface area contributed by atoms with Crippen molar-refractivity contribution in [3.63, 3.8) is 0 Å². The van der Waals surface area contributed by atoms with E-state index in [-0.39, 0.29) is 41.2 Å². The number of carbonyl (C=O) groups is 1. The highest BCUT2D eigenvalue weighted by Gasteiger charge is 2.36. The van der Waals surface area contributed by atoms with Crippen LogP contribution in [0.3, 0.4) is 0 Å². The number of rotatable bonds is 18. The molecule has 1 N–H and O–H groups in total. The summed E-state index contributed by atoms with van der Waals surface area (Å²) in [5, 5.41) is 15.4. The molecule has 12 heteroatoms. The molecular weight excluding hydrogens is 641 g/mol. The maximum Gasteiger partial charge on any atom is 0.293 e. The fourth-order valence-electron chi connectivity index (χ4n) is 6.48. The molecule has 1 amide bonds. The molecule has 0 radical (unpaired) electrons. The van der Waals surface area contributed by atoms with Crippen molar-refractivity contribution < 1.29 is 18.1 Å². The Bertz CT molecular complexity index is 1550. The largest absolute Gasteiger partial charge is 0.379 e. The van der Waals surface area contributed by atoms with E-state index in [0.717, 1.165) is 43.1 Å². The van der Waals surface area contributed by atoms with Gasteiger partial charge < -0.3 is 20.0 Å². The maximum atomic E-state index is 13.9. The van der Waals surface area contributed by atoms with Gasteiger partial charge in [-0.15, -0.1) is 0 Å². The number of carbonyl (C=O) groups excluding carboxylic acids is 1. The molecule has 0 aromatic heterocycles. The molecule has 0 saturated carbocycles. The first kappa shape index (κ1) is 38.0. The summed E-state index contributed by atoms with van der Waals surface area (Å²) in [5.74, 6) is -0.396. The number of anilines is 1. The SMILES string of the molecule is CN(C)CCCN(CCCN(C)C)C(=O)C1CCCN(S(=O)(=O)c2ccc(NCCC(c3ccccc3)c3ccccc3)c([N+](=O)[O-])c2)C1. The number of nitrogens with one attached hydrogen (secondary N) is 1. The second-order valence-electron chi connectivity index (χ2n) is 13.4. The van der Waals surface area contributed by atoms with Crippen LogP contribution in [0.15, 0.2) is 83.8 Å². The van der Waals surface area contributed by atoms with E-state index in [0.29, 0.717) is 38.9 Å². The quantitative estimate of drug-likeness (QED) is 0.140. The van der Waals surface area contributed by atoms with E-state index in [2.05, 4.69) is 39.4 Å². The van der Waals surface area contributed by atoms with E-state index in [1.807, 2.05) is 69.5 Å². The smallest absolute Gasteiger partial charge is 0.293 e. The lowest BCUT2D eigenvalue weighted by molar-refractivity contribution is -0.384. The second-order valence-corrected chi connectivity index (χ2v) is 15.3. The van der Waals surface area contributed by atoms with Crippen LogP contribution in [0, 0.1) is 16.0 Å². The van der Waals surface area contributed by atoms with Crippen LogP contribution < -0.4 is 5.32 Å². The van der Waals surface area contributed by atoms with Gasteiger partial charge in [-0.2, -0.15) is 4.31 Å². The average Bonchev–Trinajstić information content (AvgIpc) is 3.09. The molecule has 11 nitrogen and oxygen atoms in total. The molecule has 1 atom stereocenters. The Morgan fingerprint density at radius 2 is 1.47 bits per heavy atom. The van der Waals surface area contributed by atoms with Gasteiger partial charge in [0, 0.05) is 44.7 Å². The summed E-state index contributed by atoms with van der Waals surface area (Å²) in [6.45, 7) is 3.71. The monoisotopic (exact) mass is 692 g/mol. The number of nitro groups is 1. The summed E-state index contributed by atoms with van der Waals surface area (Å²) < 4.78 is 29.1. The highest BCUT2D eigenvalue weighted by Crippen LogP contribution is 2.33. The van der Waals surface area contributed by atoms with Crippen LogP contribution in [-0.4, -0.2) is 112 Å². The highest BCUT2D eigenvalue weighted by atomic mass is 32.2. The lowest BCUT2D eigenvalue weighted by Crippen LogP contribution is -2.47. The molecule has 1 unspecified atom stereocenters. The van der Waals surface area contributed by atoms with Gasteiger partial charge in [0.05, 0.1) is 15.7 Å². The molecule has 1 heterocycles. The van der Waals surface area contributed by atoms with Crippen molar-refractivity contribution in [3.05, 3.63) is 100 Å². The summed E-state index contributed by atoms with van der Waals surface area (Å²) >= 11 is 0. The lowest BCUT2D eigenvalue weighted by Gasteiger charge is -2.34. The standard InChI is InChI=1S/C37H52N6O5S/c1-39(2)23-12-25-41(26-13-24-40(3)4)37(44)32-18-11-27-42(29-32)49(47,48)33-19-20-35(36(28-33)43(45)46)38-22-21-34(30-14-7-5-8-15-30)31-16-9-6-10-17-31/h5-10,14-17,19-20,28,32,34,38H,11-13,18,21-27,29H2,1-4H3. The zero-order valence-corrected chi connectivity index (χ0v) is 30.1. The van der Waals surface area contributed by atoms with Crippen LogP contribution in [0.2, 0.25) is 0 Å². The number of benzene rings is 3. The Balaban J connectivity index is 1.46. The van der Waals surface area contributed by atoms with Gasteiger partial charge >= 0.3 is 0 Å². The van der Waals surface area contributed by atoms with E-state index in [1.165, 1.54) is 16.4 Å². The number of hydrogen-bond acceptors (Lipinski definition) is 8. The van der Waals surface area contributed by atoms with E-state index >= 15 is 0 Å². The van der Waals surface area contributed by atoms with Crippen molar-refractivity contribution in [1.82, 2.24) is 19.0 Å². The fourth-order valence-corrected chi connectivity index (χ4v) is 8.02.